The second-order valence-electron chi connectivity index (χ2n) is 2.85. The number of aromatic carboxylic acids is 1. The number of ether oxygens (including phenoxy) is 1. The van der Waals surface area contributed by atoms with Gasteiger partial charge in [-0.05, 0) is 6.07 Å². The zero-order chi connectivity index (χ0) is 12.1. The van der Waals surface area contributed by atoms with E-state index in [1.54, 1.807) is 0 Å². The second-order valence-corrected chi connectivity index (χ2v) is 2.85. The van der Waals surface area contributed by atoms with Crippen LogP contribution in [0, 0.1) is 10.1 Å². The van der Waals surface area contributed by atoms with Crippen LogP contribution in [0.5, 0.6) is 5.75 Å². The van der Waals surface area contributed by atoms with Crippen molar-refractivity contribution in [1.82, 2.24) is 0 Å². The van der Waals surface area contributed by atoms with Crippen LogP contribution in [-0.2, 0) is 0 Å². The van der Waals surface area contributed by atoms with Gasteiger partial charge in [0.15, 0.2) is 0 Å². The van der Waals surface area contributed by atoms with Gasteiger partial charge in [0.2, 0.25) is 5.75 Å². The molecule has 0 unspecified atom stereocenters. The average molecular weight is 226 g/mol. The number of hydrogen-bond acceptors (Lipinski definition) is 5. The summed E-state index contributed by atoms with van der Waals surface area (Å²) in [5.41, 5.74) is 4.56. The van der Waals surface area contributed by atoms with Crippen LogP contribution in [-0.4, -0.2) is 29.2 Å². The zero-order valence-electron chi connectivity index (χ0n) is 8.25. The number of benzene rings is 1. The molecule has 0 aromatic heterocycles. The Balaban J connectivity index is 3.23. The third-order valence-electron chi connectivity index (χ3n) is 1.79. The van der Waals surface area contributed by atoms with E-state index in [1.165, 1.54) is 18.2 Å². The SMILES string of the molecule is NCCOc1c(C(=O)O)cccc1[N+](=O)[O-]. The normalized spacial score (nSPS) is 9.81. The van der Waals surface area contributed by atoms with Gasteiger partial charge in [-0.15, -0.1) is 0 Å². The molecule has 86 valence electrons. The summed E-state index contributed by atoms with van der Waals surface area (Å²) in [6.07, 6.45) is 0. The van der Waals surface area contributed by atoms with E-state index in [4.69, 9.17) is 15.6 Å². The van der Waals surface area contributed by atoms with Crippen molar-refractivity contribution in [2.24, 2.45) is 5.73 Å². The summed E-state index contributed by atoms with van der Waals surface area (Å²) in [5, 5.41) is 19.5. The molecule has 0 atom stereocenters. The van der Waals surface area contributed by atoms with Crippen molar-refractivity contribution >= 4 is 11.7 Å². The number of nitrogens with zero attached hydrogens (tertiary/aromatic N) is 1. The first kappa shape index (κ1) is 11.9. The maximum absolute atomic E-state index is 10.8. The molecule has 0 saturated heterocycles. The van der Waals surface area contributed by atoms with Gasteiger partial charge in [-0.25, -0.2) is 4.79 Å². The Morgan fingerprint density at radius 3 is 2.75 bits per heavy atom. The van der Waals surface area contributed by atoms with E-state index in [0.717, 1.165) is 0 Å². The van der Waals surface area contributed by atoms with Gasteiger partial charge in [-0.1, -0.05) is 6.07 Å². The number of carboxylic acid groups (broad SMARTS) is 1. The summed E-state index contributed by atoms with van der Waals surface area (Å²) in [7, 11) is 0. The van der Waals surface area contributed by atoms with Gasteiger partial charge in [0, 0.05) is 12.6 Å². The van der Waals surface area contributed by atoms with Crippen LogP contribution in [0.3, 0.4) is 0 Å². The highest BCUT2D eigenvalue weighted by Gasteiger charge is 2.22. The lowest BCUT2D eigenvalue weighted by Gasteiger charge is -2.07. The number of nitro groups is 1. The number of nitrogens with two attached hydrogens (primary N) is 1. The van der Waals surface area contributed by atoms with E-state index in [1.807, 2.05) is 0 Å². The number of para-hydroxylation sites is 1. The van der Waals surface area contributed by atoms with Crippen LogP contribution in [0.15, 0.2) is 18.2 Å². The van der Waals surface area contributed by atoms with Crippen LogP contribution >= 0.6 is 0 Å². The lowest BCUT2D eigenvalue weighted by molar-refractivity contribution is -0.385. The molecular formula is C9H10N2O5. The first-order valence-corrected chi connectivity index (χ1v) is 4.41. The monoisotopic (exact) mass is 226 g/mol. The lowest BCUT2D eigenvalue weighted by atomic mass is 10.2. The van der Waals surface area contributed by atoms with Crippen LogP contribution in [0.4, 0.5) is 5.69 Å². The number of hydrogen-bond donors (Lipinski definition) is 2. The van der Waals surface area contributed by atoms with Crippen molar-refractivity contribution in [2.45, 2.75) is 0 Å². The quantitative estimate of drug-likeness (QED) is 0.561. The summed E-state index contributed by atoms with van der Waals surface area (Å²) < 4.78 is 4.99. The minimum absolute atomic E-state index is 0.0190. The first-order valence-electron chi connectivity index (χ1n) is 4.41. The van der Waals surface area contributed by atoms with E-state index in [9.17, 15) is 14.9 Å². The Kier molecular flexibility index (Phi) is 3.78. The molecular weight excluding hydrogens is 216 g/mol. The Morgan fingerprint density at radius 1 is 1.56 bits per heavy atom. The zero-order valence-corrected chi connectivity index (χ0v) is 8.25. The number of nitro benzene ring substituents is 1. The van der Waals surface area contributed by atoms with Gasteiger partial charge in [-0.2, -0.15) is 0 Å². The third kappa shape index (κ3) is 2.45. The molecule has 16 heavy (non-hydrogen) atoms. The van der Waals surface area contributed by atoms with Crippen molar-refractivity contribution in [3.63, 3.8) is 0 Å². The van der Waals surface area contributed by atoms with Crippen LogP contribution in [0.2, 0.25) is 0 Å². The smallest absolute Gasteiger partial charge is 0.339 e. The molecule has 1 rings (SSSR count). The van der Waals surface area contributed by atoms with Gasteiger partial charge in [0.25, 0.3) is 0 Å². The largest absolute Gasteiger partial charge is 0.485 e. The minimum Gasteiger partial charge on any atom is -0.485 e. The Bertz CT molecular complexity index is 386. The second kappa shape index (κ2) is 5.08. The minimum atomic E-state index is -1.28. The molecule has 0 aliphatic carbocycles. The van der Waals surface area contributed by atoms with Gasteiger partial charge in [-0.3, -0.25) is 10.1 Å². The van der Waals surface area contributed by atoms with Crippen molar-refractivity contribution < 1.29 is 19.6 Å². The number of carboxylic acids is 1. The van der Waals surface area contributed by atoms with Gasteiger partial charge in [0.05, 0.1) is 4.92 Å². The van der Waals surface area contributed by atoms with Crippen molar-refractivity contribution in [3.05, 3.63) is 33.9 Å². The summed E-state index contributed by atoms with van der Waals surface area (Å²) in [5.74, 6) is -1.54. The maximum atomic E-state index is 10.8. The molecule has 0 aliphatic heterocycles. The van der Waals surface area contributed by atoms with E-state index < -0.39 is 10.9 Å². The molecule has 0 fully saturated rings. The molecule has 0 aliphatic rings. The summed E-state index contributed by atoms with van der Waals surface area (Å²) in [6, 6.07) is 3.70. The fraction of sp³-hybridized carbons (Fsp3) is 0.222. The van der Waals surface area contributed by atoms with E-state index >= 15 is 0 Å². The fourth-order valence-corrected chi connectivity index (χ4v) is 1.15. The van der Waals surface area contributed by atoms with E-state index in [0.29, 0.717) is 0 Å². The highest BCUT2D eigenvalue weighted by molar-refractivity contribution is 5.92. The number of carbonyl (C=O) groups is 1. The van der Waals surface area contributed by atoms with Gasteiger partial charge in [0.1, 0.15) is 12.2 Å². The van der Waals surface area contributed by atoms with Crippen LogP contribution in [0.25, 0.3) is 0 Å². The first-order chi connectivity index (χ1) is 7.57. The van der Waals surface area contributed by atoms with Crippen molar-refractivity contribution in [1.29, 1.82) is 0 Å². The standard InChI is InChI=1S/C9H10N2O5/c10-4-5-16-8-6(9(12)13)2-1-3-7(8)11(14)15/h1-3H,4-5,10H2,(H,12,13). The predicted molar refractivity (Wildman–Crippen MR) is 54.6 cm³/mol. The summed E-state index contributed by atoms with van der Waals surface area (Å²) in [6.45, 7) is 0.163. The fourth-order valence-electron chi connectivity index (χ4n) is 1.15. The number of rotatable bonds is 5. The lowest BCUT2D eigenvalue weighted by Crippen LogP contribution is -2.13. The van der Waals surface area contributed by atoms with E-state index in [-0.39, 0.29) is 30.2 Å². The third-order valence-corrected chi connectivity index (χ3v) is 1.79. The highest BCUT2D eigenvalue weighted by Crippen LogP contribution is 2.30. The molecule has 0 amide bonds. The van der Waals surface area contributed by atoms with Crippen molar-refractivity contribution in [2.75, 3.05) is 13.2 Å². The molecule has 0 spiro atoms. The Labute approximate surface area is 90.6 Å². The molecule has 3 N–H and O–H groups in total. The molecule has 0 radical (unpaired) electrons. The van der Waals surface area contributed by atoms with Gasteiger partial charge < -0.3 is 15.6 Å². The maximum Gasteiger partial charge on any atom is 0.339 e. The van der Waals surface area contributed by atoms with Crippen LogP contribution in [0.1, 0.15) is 10.4 Å². The predicted octanol–water partition coefficient (Wildman–Crippen LogP) is 0.630. The molecule has 7 heteroatoms. The average Bonchev–Trinajstić information content (AvgIpc) is 2.25. The molecule has 0 bridgehead atoms. The molecule has 7 nitrogen and oxygen atoms in total. The van der Waals surface area contributed by atoms with Gasteiger partial charge >= 0.3 is 11.7 Å². The summed E-state index contributed by atoms with van der Waals surface area (Å²) >= 11 is 0. The Morgan fingerprint density at radius 2 is 2.25 bits per heavy atom. The summed E-state index contributed by atoms with van der Waals surface area (Å²) in [4.78, 5) is 20.8. The van der Waals surface area contributed by atoms with Crippen LogP contribution < -0.4 is 10.5 Å². The topological polar surface area (TPSA) is 116 Å². The highest BCUT2D eigenvalue weighted by atomic mass is 16.6. The molecule has 0 heterocycles. The molecule has 1 aromatic carbocycles. The molecule has 0 saturated carbocycles. The van der Waals surface area contributed by atoms with E-state index in [2.05, 4.69) is 0 Å². The van der Waals surface area contributed by atoms with Crippen molar-refractivity contribution in [3.8, 4) is 5.75 Å². The Hall–Kier alpha value is -2.15. The molecule has 1 aromatic rings.